The van der Waals surface area contributed by atoms with Crippen LogP contribution in [0.15, 0.2) is 0 Å². The van der Waals surface area contributed by atoms with Gasteiger partial charge in [0, 0.05) is 31.0 Å². The maximum atomic E-state index is 12.5. The number of rotatable bonds is 8. The van der Waals surface area contributed by atoms with Crippen LogP contribution in [0.2, 0.25) is 0 Å². The molecule has 0 aromatic carbocycles. The van der Waals surface area contributed by atoms with E-state index >= 15 is 0 Å². The molecule has 0 radical (unpaired) electrons. The molecule has 0 fully saturated rings. The van der Waals surface area contributed by atoms with Crippen molar-refractivity contribution in [2.24, 2.45) is 0 Å². The molecule has 0 saturated heterocycles. The van der Waals surface area contributed by atoms with Crippen LogP contribution in [0.4, 0.5) is 0 Å². The molecule has 6 heteroatoms. The highest BCUT2D eigenvalue weighted by Crippen LogP contribution is 2.18. The molecule has 0 aromatic heterocycles. The van der Waals surface area contributed by atoms with Crippen molar-refractivity contribution in [1.82, 2.24) is 8.61 Å². The fourth-order valence-electron chi connectivity index (χ4n) is 1.70. The van der Waals surface area contributed by atoms with Gasteiger partial charge in [0.1, 0.15) is 0 Å². The molecule has 0 atom stereocenters. The minimum Gasteiger partial charge on any atom is -0.195 e. The van der Waals surface area contributed by atoms with E-state index in [2.05, 4.69) is 15.9 Å². The molecule has 0 N–H and O–H groups in total. The Bertz CT molecular complexity index is 303. The van der Waals surface area contributed by atoms with Crippen molar-refractivity contribution in [2.75, 3.05) is 18.9 Å². The lowest BCUT2D eigenvalue weighted by Gasteiger charge is -2.34. The largest absolute Gasteiger partial charge is 0.282 e. The molecule has 0 aliphatic carbocycles. The molecular weight excluding hydrogens is 304 g/mol. The summed E-state index contributed by atoms with van der Waals surface area (Å²) in [5.74, 6) is 0. The molecule has 0 rings (SSSR count). The lowest BCUT2D eigenvalue weighted by Crippen LogP contribution is -2.49. The van der Waals surface area contributed by atoms with E-state index in [-0.39, 0.29) is 12.1 Å². The molecule has 0 bridgehead atoms. The molecule has 0 unspecified atom stereocenters. The van der Waals surface area contributed by atoms with Crippen LogP contribution < -0.4 is 0 Å². The van der Waals surface area contributed by atoms with Gasteiger partial charge in [-0.3, -0.25) is 0 Å². The number of alkyl halides is 1. The fraction of sp³-hybridized carbons (Fsp3) is 1.00. The van der Waals surface area contributed by atoms with Crippen LogP contribution in [-0.4, -0.2) is 48.0 Å². The third kappa shape index (κ3) is 4.50. The summed E-state index contributed by atoms with van der Waals surface area (Å²) in [5, 5.41) is 0.661. The predicted molar refractivity (Wildman–Crippen MR) is 76.7 cm³/mol. The molecule has 4 nitrogen and oxygen atoms in total. The second-order valence-electron chi connectivity index (χ2n) is 4.39. The minimum atomic E-state index is -3.35. The molecule has 0 amide bonds. The van der Waals surface area contributed by atoms with Crippen molar-refractivity contribution in [3.8, 4) is 0 Å². The molecule has 0 heterocycles. The summed E-state index contributed by atoms with van der Waals surface area (Å²) in [6.07, 6.45) is 1.68. The second kappa shape index (κ2) is 7.71. The Labute approximate surface area is 115 Å². The lowest BCUT2D eigenvalue weighted by molar-refractivity contribution is 0.280. The SMILES string of the molecule is CCC(CC)N(CCBr)S(=O)(=O)N(C)C(C)C. The first-order valence-electron chi connectivity index (χ1n) is 6.13. The first-order chi connectivity index (χ1) is 7.82. The lowest BCUT2D eigenvalue weighted by atomic mass is 10.2. The molecule has 0 aromatic rings. The van der Waals surface area contributed by atoms with Crippen LogP contribution in [0.5, 0.6) is 0 Å². The van der Waals surface area contributed by atoms with Gasteiger partial charge in [-0.1, -0.05) is 29.8 Å². The molecule has 17 heavy (non-hydrogen) atoms. The molecule has 104 valence electrons. The van der Waals surface area contributed by atoms with Gasteiger partial charge in [-0.05, 0) is 26.7 Å². The van der Waals surface area contributed by atoms with Crippen LogP contribution in [0.1, 0.15) is 40.5 Å². The van der Waals surface area contributed by atoms with Crippen molar-refractivity contribution in [2.45, 2.75) is 52.6 Å². The number of hydrogen-bond donors (Lipinski definition) is 0. The van der Waals surface area contributed by atoms with Gasteiger partial charge in [0.25, 0.3) is 10.2 Å². The van der Waals surface area contributed by atoms with Gasteiger partial charge in [-0.2, -0.15) is 17.0 Å². The first-order valence-corrected chi connectivity index (χ1v) is 8.65. The topological polar surface area (TPSA) is 40.6 Å². The zero-order valence-corrected chi connectivity index (χ0v) is 13.9. The molecule has 0 aliphatic rings. The second-order valence-corrected chi connectivity index (χ2v) is 7.12. The van der Waals surface area contributed by atoms with E-state index in [0.29, 0.717) is 11.9 Å². The minimum absolute atomic E-state index is 0.0211. The highest BCUT2D eigenvalue weighted by Gasteiger charge is 2.32. The summed E-state index contributed by atoms with van der Waals surface area (Å²) in [6, 6.07) is 0.0611. The third-order valence-corrected chi connectivity index (χ3v) is 5.62. The highest BCUT2D eigenvalue weighted by atomic mass is 79.9. The third-order valence-electron chi connectivity index (χ3n) is 3.04. The van der Waals surface area contributed by atoms with Crippen LogP contribution in [-0.2, 0) is 10.2 Å². The summed E-state index contributed by atoms with van der Waals surface area (Å²) in [4.78, 5) is 0. The average Bonchev–Trinajstić information content (AvgIpc) is 2.28. The maximum absolute atomic E-state index is 12.5. The van der Waals surface area contributed by atoms with Crippen molar-refractivity contribution >= 4 is 26.1 Å². The Kier molecular flexibility index (Phi) is 7.87. The average molecular weight is 329 g/mol. The van der Waals surface area contributed by atoms with Gasteiger partial charge < -0.3 is 0 Å². The van der Waals surface area contributed by atoms with Gasteiger partial charge in [0.15, 0.2) is 0 Å². The zero-order chi connectivity index (χ0) is 13.6. The molecule has 0 aliphatic heterocycles. The summed E-state index contributed by atoms with van der Waals surface area (Å²) in [6.45, 7) is 8.35. The van der Waals surface area contributed by atoms with Gasteiger partial charge in [-0.15, -0.1) is 0 Å². The van der Waals surface area contributed by atoms with E-state index in [1.807, 2.05) is 27.7 Å². The zero-order valence-electron chi connectivity index (χ0n) is 11.5. The van der Waals surface area contributed by atoms with Crippen LogP contribution >= 0.6 is 15.9 Å². The Morgan fingerprint density at radius 3 is 1.94 bits per heavy atom. The standard InChI is InChI=1S/C11H25BrN2O2S/c1-6-11(7-2)14(9-8-12)17(15,16)13(5)10(3)4/h10-11H,6-9H2,1-5H3. The van der Waals surface area contributed by atoms with E-state index in [9.17, 15) is 8.42 Å². The summed E-state index contributed by atoms with van der Waals surface area (Å²) in [5.41, 5.74) is 0. The smallest absolute Gasteiger partial charge is 0.195 e. The Balaban J connectivity index is 5.16. The summed E-state index contributed by atoms with van der Waals surface area (Å²) < 4.78 is 28.0. The summed E-state index contributed by atoms with van der Waals surface area (Å²) >= 11 is 3.33. The predicted octanol–water partition coefficient (Wildman–Crippen LogP) is 2.46. The molecule has 0 saturated carbocycles. The van der Waals surface area contributed by atoms with Gasteiger partial charge in [-0.25, -0.2) is 0 Å². The van der Waals surface area contributed by atoms with Gasteiger partial charge in [0.05, 0.1) is 0 Å². The van der Waals surface area contributed by atoms with Gasteiger partial charge >= 0.3 is 0 Å². The first kappa shape index (κ1) is 17.4. The van der Waals surface area contributed by atoms with Crippen molar-refractivity contribution in [1.29, 1.82) is 0 Å². The van der Waals surface area contributed by atoms with Crippen LogP contribution in [0.25, 0.3) is 0 Å². The van der Waals surface area contributed by atoms with E-state index < -0.39 is 10.2 Å². The maximum Gasteiger partial charge on any atom is 0.282 e. The number of halogens is 1. The normalized spacial score (nSPS) is 13.3. The van der Waals surface area contributed by atoms with E-state index in [4.69, 9.17) is 0 Å². The Morgan fingerprint density at radius 1 is 1.18 bits per heavy atom. The van der Waals surface area contributed by atoms with Gasteiger partial charge in [0.2, 0.25) is 0 Å². The van der Waals surface area contributed by atoms with E-state index in [0.717, 1.165) is 12.8 Å². The monoisotopic (exact) mass is 328 g/mol. The molecular formula is C11H25BrN2O2S. The Morgan fingerprint density at radius 2 is 1.65 bits per heavy atom. The Hall–Kier alpha value is 0.350. The fourth-order valence-corrected chi connectivity index (χ4v) is 4.17. The number of hydrogen-bond acceptors (Lipinski definition) is 2. The van der Waals surface area contributed by atoms with Crippen LogP contribution in [0.3, 0.4) is 0 Å². The summed E-state index contributed by atoms with van der Waals surface area (Å²) in [7, 11) is -1.71. The van der Waals surface area contributed by atoms with Crippen LogP contribution in [0, 0.1) is 0 Å². The highest BCUT2D eigenvalue weighted by molar-refractivity contribution is 9.09. The van der Waals surface area contributed by atoms with Crippen molar-refractivity contribution in [3.05, 3.63) is 0 Å². The molecule has 0 spiro atoms. The van der Waals surface area contributed by atoms with Crippen molar-refractivity contribution in [3.63, 3.8) is 0 Å². The number of nitrogens with zero attached hydrogens (tertiary/aromatic N) is 2. The quantitative estimate of drug-likeness (QED) is 0.642. The van der Waals surface area contributed by atoms with E-state index in [1.165, 1.54) is 4.31 Å². The van der Waals surface area contributed by atoms with Crippen molar-refractivity contribution < 1.29 is 8.42 Å². The van der Waals surface area contributed by atoms with E-state index in [1.54, 1.807) is 11.4 Å².